The molecular formula is C27H56O2. The number of aliphatic hydroxyl groups excluding tert-OH is 1. The minimum atomic E-state index is -0.850. The second-order valence-electron chi connectivity index (χ2n) is 9.59. The van der Waals surface area contributed by atoms with Crippen LogP contribution in [0.2, 0.25) is 0 Å². The van der Waals surface area contributed by atoms with Crippen LogP contribution >= 0.6 is 0 Å². The van der Waals surface area contributed by atoms with Crippen LogP contribution in [0.5, 0.6) is 0 Å². The number of rotatable bonds is 23. The lowest BCUT2D eigenvalue weighted by atomic mass is 9.77. The lowest BCUT2D eigenvalue weighted by Crippen LogP contribution is -2.42. The Hall–Kier alpha value is -0.0800. The molecule has 0 saturated carbocycles. The van der Waals surface area contributed by atoms with Crippen molar-refractivity contribution in [3.05, 3.63) is 0 Å². The average molecular weight is 413 g/mol. The van der Waals surface area contributed by atoms with Crippen LogP contribution in [0.3, 0.4) is 0 Å². The van der Waals surface area contributed by atoms with Crippen molar-refractivity contribution in [2.45, 2.75) is 161 Å². The third-order valence-electron chi connectivity index (χ3n) is 6.81. The fourth-order valence-electron chi connectivity index (χ4n) is 4.65. The third kappa shape index (κ3) is 16.3. The van der Waals surface area contributed by atoms with Gasteiger partial charge in [0.05, 0.1) is 12.2 Å². The third-order valence-corrected chi connectivity index (χ3v) is 6.81. The Balaban J connectivity index is 4.43. The van der Waals surface area contributed by atoms with E-state index in [1.54, 1.807) is 0 Å². The molecule has 0 rings (SSSR count). The summed E-state index contributed by atoms with van der Waals surface area (Å²) in [6, 6.07) is 0. The molecule has 0 bridgehead atoms. The highest BCUT2D eigenvalue weighted by molar-refractivity contribution is 4.86. The van der Waals surface area contributed by atoms with Gasteiger partial charge in [-0.2, -0.15) is 0 Å². The smallest absolute Gasteiger partial charge is 0.0905 e. The first kappa shape index (κ1) is 28.9. The van der Waals surface area contributed by atoms with Crippen LogP contribution < -0.4 is 0 Å². The number of hydrogen-bond donors (Lipinski definition) is 2. The van der Waals surface area contributed by atoms with Crippen molar-refractivity contribution in [2.24, 2.45) is 5.92 Å². The Bertz CT molecular complexity index is 302. The summed E-state index contributed by atoms with van der Waals surface area (Å²) in [5.74, 6) is 0.278. The predicted molar refractivity (Wildman–Crippen MR) is 130 cm³/mol. The second-order valence-corrected chi connectivity index (χ2v) is 9.59. The zero-order chi connectivity index (χ0) is 21.6. The molecule has 1 atom stereocenters. The first-order valence-electron chi connectivity index (χ1n) is 13.5. The van der Waals surface area contributed by atoms with Crippen LogP contribution in [-0.2, 0) is 0 Å². The number of unbranched alkanes of at least 4 members (excludes halogenated alkanes) is 15. The predicted octanol–water partition coefficient (Wildman–Crippen LogP) is 8.58. The molecule has 2 nitrogen and oxygen atoms in total. The van der Waals surface area contributed by atoms with E-state index in [0.29, 0.717) is 0 Å². The summed E-state index contributed by atoms with van der Waals surface area (Å²) in [5.41, 5.74) is -0.850. The minimum Gasteiger partial charge on any atom is -0.393 e. The summed E-state index contributed by atoms with van der Waals surface area (Å²) in [6.07, 6.45) is 26.0. The highest BCUT2D eigenvalue weighted by atomic mass is 16.3. The van der Waals surface area contributed by atoms with Crippen molar-refractivity contribution in [3.8, 4) is 0 Å². The van der Waals surface area contributed by atoms with Gasteiger partial charge in [-0.25, -0.2) is 0 Å². The normalized spacial score (nSPS) is 13.9. The van der Waals surface area contributed by atoms with Crippen molar-refractivity contribution in [1.29, 1.82) is 0 Å². The molecule has 0 aliphatic heterocycles. The van der Waals surface area contributed by atoms with Gasteiger partial charge in [0.2, 0.25) is 0 Å². The number of hydrogen-bond acceptors (Lipinski definition) is 2. The van der Waals surface area contributed by atoms with Gasteiger partial charge in [-0.1, -0.05) is 136 Å². The Morgan fingerprint density at radius 1 is 0.517 bits per heavy atom. The zero-order valence-corrected chi connectivity index (χ0v) is 20.5. The molecule has 29 heavy (non-hydrogen) atoms. The van der Waals surface area contributed by atoms with E-state index in [1.807, 2.05) is 0 Å². The van der Waals surface area contributed by atoms with Crippen LogP contribution in [0.4, 0.5) is 0 Å². The van der Waals surface area contributed by atoms with Crippen molar-refractivity contribution in [3.63, 3.8) is 0 Å². The van der Waals surface area contributed by atoms with Crippen molar-refractivity contribution < 1.29 is 10.2 Å². The Morgan fingerprint density at radius 3 is 1.24 bits per heavy atom. The molecule has 0 heterocycles. The van der Waals surface area contributed by atoms with Crippen LogP contribution in [0.15, 0.2) is 0 Å². The van der Waals surface area contributed by atoms with Gasteiger partial charge in [0, 0.05) is 0 Å². The molecule has 1 unspecified atom stereocenters. The lowest BCUT2D eigenvalue weighted by molar-refractivity contribution is -0.0759. The van der Waals surface area contributed by atoms with E-state index in [-0.39, 0.29) is 12.5 Å². The Labute approximate surface area is 184 Å². The van der Waals surface area contributed by atoms with Crippen LogP contribution in [0, 0.1) is 5.92 Å². The maximum absolute atomic E-state index is 11.3. The van der Waals surface area contributed by atoms with Gasteiger partial charge in [-0.15, -0.1) is 0 Å². The molecular weight excluding hydrogens is 356 g/mol. The summed E-state index contributed by atoms with van der Waals surface area (Å²) >= 11 is 0. The van der Waals surface area contributed by atoms with Gasteiger partial charge in [0.25, 0.3) is 0 Å². The molecule has 0 saturated heterocycles. The second kappa shape index (κ2) is 21.2. The molecule has 0 amide bonds. The zero-order valence-electron chi connectivity index (χ0n) is 20.5. The largest absolute Gasteiger partial charge is 0.393 e. The van der Waals surface area contributed by atoms with Crippen molar-refractivity contribution in [2.75, 3.05) is 6.61 Å². The van der Waals surface area contributed by atoms with Gasteiger partial charge in [-0.05, 0) is 25.2 Å². The molecule has 176 valence electrons. The fraction of sp³-hybridized carbons (Fsp3) is 1.00. The topological polar surface area (TPSA) is 40.5 Å². The molecule has 0 aliphatic rings. The highest BCUT2D eigenvalue weighted by Gasteiger charge is 2.34. The fourth-order valence-corrected chi connectivity index (χ4v) is 4.65. The van der Waals surface area contributed by atoms with E-state index in [4.69, 9.17) is 0 Å². The molecule has 2 heteroatoms. The molecule has 0 aliphatic carbocycles. The molecule has 0 radical (unpaired) electrons. The van der Waals surface area contributed by atoms with E-state index >= 15 is 0 Å². The monoisotopic (exact) mass is 412 g/mol. The Kier molecular flexibility index (Phi) is 21.1. The molecule has 0 aromatic carbocycles. The van der Waals surface area contributed by atoms with E-state index < -0.39 is 5.60 Å². The van der Waals surface area contributed by atoms with E-state index in [0.717, 1.165) is 25.7 Å². The van der Waals surface area contributed by atoms with E-state index in [2.05, 4.69) is 20.8 Å². The maximum Gasteiger partial charge on any atom is 0.0905 e. The van der Waals surface area contributed by atoms with Gasteiger partial charge in [-0.3, -0.25) is 0 Å². The van der Waals surface area contributed by atoms with Gasteiger partial charge >= 0.3 is 0 Å². The van der Waals surface area contributed by atoms with Gasteiger partial charge < -0.3 is 10.2 Å². The summed E-state index contributed by atoms with van der Waals surface area (Å²) < 4.78 is 0. The van der Waals surface area contributed by atoms with Crippen LogP contribution in [0.1, 0.15) is 156 Å². The quantitative estimate of drug-likeness (QED) is 0.165. The Morgan fingerprint density at radius 2 is 0.862 bits per heavy atom. The van der Waals surface area contributed by atoms with Gasteiger partial charge in [0.1, 0.15) is 0 Å². The van der Waals surface area contributed by atoms with E-state index in [1.165, 1.54) is 109 Å². The van der Waals surface area contributed by atoms with Crippen LogP contribution in [-0.4, -0.2) is 22.4 Å². The van der Waals surface area contributed by atoms with Crippen molar-refractivity contribution >= 4 is 0 Å². The summed E-state index contributed by atoms with van der Waals surface area (Å²) in [5, 5.41) is 21.4. The molecule has 0 spiro atoms. The highest BCUT2D eigenvalue weighted by Crippen LogP contribution is 2.33. The first-order chi connectivity index (χ1) is 14.1. The lowest BCUT2D eigenvalue weighted by Gasteiger charge is -2.35. The molecule has 0 fully saturated rings. The average Bonchev–Trinajstić information content (AvgIpc) is 2.73. The molecule has 0 aromatic rings. The summed E-state index contributed by atoms with van der Waals surface area (Å²) in [7, 11) is 0. The van der Waals surface area contributed by atoms with Gasteiger partial charge in [0.15, 0.2) is 0 Å². The van der Waals surface area contributed by atoms with Crippen molar-refractivity contribution in [1.82, 2.24) is 0 Å². The standard InChI is InChI=1S/C27H56O2/c1-4-7-10-13-16-19-22-26(23-20-17-14-11-8-5-2)27(29,25-28)24-21-18-15-12-9-6-3/h26,28-29H,4-25H2,1-3H3. The number of aliphatic hydroxyl groups is 2. The maximum atomic E-state index is 11.3. The minimum absolute atomic E-state index is 0.0572. The SMILES string of the molecule is CCCCCCCCC(CCCCCCCC)C(O)(CO)CCCCCCCC. The summed E-state index contributed by atoms with van der Waals surface area (Å²) in [6.45, 7) is 6.72. The molecule has 2 N–H and O–H groups in total. The van der Waals surface area contributed by atoms with E-state index in [9.17, 15) is 10.2 Å². The first-order valence-corrected chi connectivity index (χ1v) is 13.5. The molecule has 0 aromatic heterocycles. The summed E-state index contributed by atoms with van der Waals surface area (Å²) in [4.78, 5) is 0. The van der Waals surface area contributed by atoms with Crippen LogP contribution in [0.25, 0.3) is 0 Å².